The molecule has 0 fully saturated rings. The molecule has 2 aromatic carbocycles. The van der Waals surface area contributed by atoms with Crippen molar-refractivity contribution in [1.29, 1.82) is 0 Å². The number of hydrogen-bond acceptors (Lipinski definition) is 3. The van der Waals surface area contributed by atoms with Crippen LogP contribution >= 0.6 is 0 Å². The highest BCUT2D eigenvalue weighted by Gasteiger charge is 2.13. The first-order valence-corrected chi connectivity index (χ1v) is 7.14. The summed E-state index contributed by atoms with van der Waals surface area (Å²) in [6.07, 6.45) is 1.39. The molecule has 2 rings (SSSR count). The van der Waals surface area contributed by atoms with E-state index in [1.54, 1.807) is 54.6 Å². The average Bonchev–Trinajstić information content (AvgIpc) is 2.55. The number of carbonyl (C=O) groups is 2. The van der Waals surface area contributed by atoms with Crippen molar-refractivity contribution in [2.24, 2.45) is 0 Å². The fourth-order valence-electron chi connectivity index (χ4n) is 1.96. The van der Waals surface area contributed by atoms with Crippen LogP contribution in [-0.2, 0) is 4.79 Å². The normalized spacial score (nSPS) is 10.9. The highest BCUT2D eigenvalue weighted by molar-refractivity contribution is 6.02. The fourth-order valence-corrected chi connectivity index (χ4v) is 1.96. The molecule has 0 aliphatic heterocycles. The standard InChI is InChI=1S/C18H17NO4/c1-2-23-15-10-6-7-13(11-15)12-16(18(21)22)19-17(20)14-8-4-3-5-9-14/h3-12H,2H2,1H3,(H,19,20)(H,21,22)/b16-12+. The number of carboxylic acid groups (broad SMARTS) is 1. The molecule has 23 heavy (non-hydrogen) atoms. The number of aliphatic carboxylic acids is 1. The smallest absolute Gasteiger partial charge is 0.352 e. The second kappa shape index (κ2) is 7.79. The van der Waals surface area contributed by atoms with Crippen molar-refractivity contribution in [2.75, 3.05) is 6.61 Å². The van der Waals surface area contributed by atoms with E-state index in [1.807, 2.05) is 6.92 Å². The Kier molecular flexibility index (Phi) is 5.52. The van der Waals surface area contributed by atoms with Crippen LogP contribution in [0.25, 0.3) is 6.08 Å². The van der Waals surface area contributed by atoms with Crippen LogP contribution in [0.3, 0.4) is 0 Å². The zero-order chi connectivity index (χ0) is 16.7. The van der Waals surface area contributed by atoms with Gasteiger partial charge in [-0.15, -0.1) is 0 Å². The molecule has 1 amide bonds. The summed E-state index contributed by atoms with van der Waals surface area (Å²) >= 11 is 0. The van der Waals surface area contributed by atoms with E-state index in [2.05, 4.69) is 5.32 Å². The first kappa shape index (κ1) is 16.3. The molecule has 5 nitrogen and oxygen atoms in total. The zero-order valence-electron chi connectivity index (χ0n) is 12.7. The summed E-state index contributed by atoms with van der Waals surface area (Å²) in [5, 5.41) is 11.7. The van der Waals surface area contributed by atoms with Gasteiger partial charge in [0.1, 0.15) is 11.4 Å². The second-order valence-electron chi connectivity index (χ2n) is 4.69. The summed E-state index contributed by atoms with van der Waals surface area (Å²) in [5.41, 5.74) is 0.817. The van der Waals surface area contributed by atoms with Crippen molar-refractivity contribution < 1.29 is 19.4 Å². The van der Waals surface area contributed by atoms with Gasteiger partial charge in [0.2, 0.25) is 0 Å². The molecule has 5 heteroatoms. The topological polar surface area (TPSA) is 75.6 Å². The number of hydrogen-bond donors (Lipinski definition) is 2. The Bertz CT molecular complexity index is 723. The number of carboxylic acids is 1. The molecule has 0 atom stereocenters. The Labute approximate surface area is 134 Å². The molecule has 0 saturated heterocycles. The van der Waals surface area contributed by atoms with Crippen molar-refractivity contribution >= 4 is 18.0 Å². The van der Waals surface area contributed by atoms with Crippen molar-refractivity contribution in [3.63, 3.8) is 0 Å². The highest BCUT2D eigenvalue weighted by atomic mass is 16.5. The predicted molar refractivity (Wildman–Crippen MR) is 87.1 cm³/mol. The molecule has 0 saturated carbocycles. The molecule has 118 valence electrons. The van der Waals surface area contributed by atoms with Gasteiger partial charge in [0.05, 0.1) is 6.61 Å². The van der Waals surface area contributed by atoms with Crippen LogP contribution in [0.15, 0.2) is 60.3 Å². The van der Waals surface area contributed by atoms with E-state index in [0.717, 1.165) is 0 Å². The zero-order valence-corrected chi connectivity index (χ0v) is 12.7. The summed E-state index contributed by atoms with van der Waals surface area (Å²) in [4.78, 5) is 23.4. The van der Waals surface area contributed by atoms with Gasteiger partial charge in [0, 0.05) is 5.56 Å². The van der Waals surface area contributed by atoms with E-state index < -0.39 is 11.9 Å². The summed E-state index contributed by atoms with van der Waals surface area (Å²) in [6.45, 7) is 2.38. The molecular formula is C18H17NO4. The van der Waals surface area contributed by atoms with Crippen molar-refractivity contribution in [1.82, 2.24) is 5.32 Å². The maximum atomic E-state index is 12.1. The summed E-state index contributed by atoms with van der Waals surface area (Å²) < 4.78 is 5.37. The third kappa shape index (κ3) is 4.71. The van der Waals surface area contributed by atoms with Crippen LogP contribution in [0.5, 0.6) is 5.75 Å². The number of rotatable bonds is 6. The van der Waals surface area contributed by atoms with Crippen molar-refractivity contribution in [3.8, 4) is 5.75 Å². The maximum Gasteiger partial charge on any atom is 0.352 e. The van der Waals surface area contributed by atoms with Crippen molar-refractivity contribution in [2.45, 2.75) is 6.92 Å². The van der Waals surface area contributed by atoms with Gasteiger partial charge in [0.15, 0.2) is 0 Å². The minimum absolute atomic E-state index is 0.201. The Morgan fingerprint density at radius 3 is 2.52 bits per heavy atom. The lowest BCUT2D eigenvalue weighted by atomic mass is 10.1. The fraction of sp³-hybridized carbons (Fsp3) is 0.111. The van der Waals surface area contributed by atoms with Crippen LogP contribution in [0.4, 0.5) is 0 Å². The molecule has 0 aliphatic rings. The van der Waals surface area contributed by atoms with Crippen LogP contribution in [0.2, 0.25) is 0 Å². The Hall–Kier alpha value is -3.08. The predicted octanol–water partition coefficient (Wildman–Crippen LogP) is 2.94. The Morgan fingerprint density at radius 2 is 1.87 bits per heavy atom. The minimum atomic E-state index is -1.21. The molecule has 0 aromatic heterocycles. The van der Waals surface area contributed by atoms with E-state index >= 15 is 0 Å². The lowest BCUT2D eigenvalue weighted by Gasteiger charge is -2.07. The van der Waals surface area contributed by atoms with Crippen molar-refractivity contribution in [3.05, 3.63) is 71.4 Å². The van der Waals surface area contributed by atoms with Gasteiger partial charge in [-0.25, -0.2) is 4.79 Å². The lowest BCUT2D eigenvalue weighted by molar-refractivity contribution is -0.132. The molecule has 0 radical (unpaired) electrons. The Morgan fingerprint density at radius 1 is 1.13 bits per heavy atom. The van der Waals surface area contributed by atoms with Gasteiger partial charge in [-0.1, -0.05) is 30.3 Å². The Balaban J connectivity index is 2.23. The minimum Gasteiger partial charge on any atom is -0.494 e. The first-order valence-electron chi connectivity index (χ1n) is 7.14. The second-order valence-corrected chi connectivity index (χ2v) is 4.69. The third-order valence-electron chi connectivity index (χ3n) is 2.99. The lowest BCUT2D eigenvalue weighted by Crippen LogP contribution is -2.27. The number of ether oxygens (including phenoxy) is 1. The molecule has 0 aliphatic carbocycles. The SMILES string of the molecule is CCOc1cccc(/C=C(/NC(=O)c2ccccc2)C(=O)O)c1. The number of benzene rings is 2. The monoisotopic (exact) mass is 311 g/mol. The highest BCUT2D eigenvalue weighted by Crippen LogP contribution is 2.15. The van der Waals surface area contributed by atoms with Crippen LogP contribution in [0, 0.1) is 0 Å². The maximum absolute atomic E-state index is 12.1. The number of amides is 1. The largest absolute Gasteiger partial charge is 0.494 e. The van der Waals surface area contributed by atoms with Crippen LogP contribution < -0.4 is 10.1 Å². The molecule has 0 bridgehead atoms. The number of nitrogens with one attached hydrogen (secondary N) is 1. The van der Waals surface area contributed by atoms with Gasteiger partial charge in [-0.05, 0) is 42.8 Å². The summed E-state index contributed by atoms with van der Waals surface area (Å²) in [7, 11) is 0. The molecule has 0 heterocycles. The van der Waals surface area contributed by atoms with Gasteiger partial charge < -0.3 is 15.2 Å². The van der Waals surface area contributed by atoms with E-state index in [4.69, 9.17) is 4.74 Å². The molecule has 2 N–H and O–H groups in total. The average molecular weight is 311 g/mol. The number of carbonyl (C=O) groups excluding carboxylic acids is 1. The van der Waals surface area contributed by atoms with E-state index in [-0.39, 0.29) is 5.70 Å². The molecular weight excluding hydrogens is 294 g/mol. The van der Waals surface area contributed by atoms with Gasteiger partial charge >= 0.3 is 5.97 Å². The van der Waals surface area contributed by atoms with E-state index in [0.29, 0.717) is 23.5 Å². The van der Waals surface area contributed by atoms with Gasteiger partial charge in [-0.3, -0.25) is 4.79 Å². The van der Waals surface area contributed by atoms with Gasteiger partial charge in [-0.2, -0.15) is 0 Å². The molecule has 0 spiro atoms. The van der Waals surface area contributed by atoms with Crippen LogP contribution in [-0.4, -0.2) is 23.6 Å². The van der Waals surface area contributed by atoms with Crippen LogP contribution in [0.1, 0.15) is 22.8 Å². The first-order chi connectivity index (χ1) is 11.1. The van der Waals surface area contributed by atoms with E-state index in [1.165, 1.54) is 6.08 Å². The molecule has 0 unspecified atom stereocenters. The van der Waals surface area contributed by atoms with E-state index in [9.17, 15) is 14.7 Å². The van der Waals surface area contributed by atoms with Gasteiger partial charge in [0.25, 0.3) is 5.91 Å². The third-order valence-corrected chi connectivity index (χ3v) is 2.99. The quantitative estimate of drug-likeness (QED) is 0.804. The summed E-state index contributed by atoms with van der Waals surface area (Å²) in [5.74, 6) is -1.04. The summed E-state index contributed by atoms with van der Waals surface area (Å²) in [6, 6.07) is 15.4. The molecule has 2 aromatic rings.